The number of hydrogen-bond acceptors (Lipinski definition) is 2. The van der Waals surface area contributed by atoms with Crippen LogP contribution in [0.1, 0.15) is 19.4 Å². The predicted molar refractivity (Wildman–Crippen MR) is 82.7 cm³/mol. The normalized spacial score (nSPS) is 10.8. The Kier molecular flexibility index (Phi) is 5.90. The van der Waals surface area contributed by atoms with Crippen molar-refractivity contribution in [3.63, 3.8) is 0 Å². The molecule has 1 rings (SSSR count). The number of hydrogen-bond donors (Lipinski definition) is 0. The molecule has 0 radical (unpaired) electrons. The molecule has 0 atom stereocenters. The van der Waals surface area contributed by atoms with Crippen LogP contribution in [0.5, 0.6) is 0 Å². The lowest BCUT2D eigenvalue weighted by molar-refractivity contribution is -0.125. The summed E-state index contributed by atoms with van der Waals surface area (Å²) in [7, 11) is 3.89. The molecule has 0 saturated heterocycles. The summed E-state index contributed by atoms with van der Waals surface area (Å²) in [5.41, 5.74) is 1.89. The molecule has 0 unspecified atom stereocenters. The molecule has 4 heteroatoms. The average Bonchev–Trinajstić information content (AvgIpc) is 2.37. The molecule has 0 N–H and O–H groups in total. The summed E-state index contributed by atoms with van der Waals surface area (Å²) in [5, 5.41) is 0.683. The van der Waals surface area contributed by atoms with Gasteiger partial charge < -0.3 is 9.80 Å². The fourth-order valence-electron chi connectivity index (χ4n) is 1.80. The van der Waals surface area contributed by atoms with E-state index in [4.69, 9.17) is 11.6 Å². The van der Waals surface area contributed by atoms with Gasteiger partial charge in [-0.1, -0.05) is 17.7 Å². The number of carbonyl (C=O) groups excluding carboxylic acids is 1. The number of amides is 1. The van der Waals surface area contributed by atoms with Crippen LogP contribution in [0.15, 0.2) is 24.3 Å². The highest BCUT2D eigenvalue weighted by Crippen LogP contribution is 2.25. The molecular weight excluding hydrogens is 260 g/mol. The molecule has 0 fully saturated rings. The second-order valence-electron chi connectivity index (χ2n) is 4.45. The lowest BCUT2D eigenvalue weighted by Gasteiger charge is -2.16. The zero-order valence-corrected chi connectivity index (χ0v) is 12.7. The van der Waals surface area contributed by atoms with E-state index in [1.54, 1.807) is 17.1 Å². The van der Waals surface area contributed by atoms with E-state index < -0.39 is 0 Å². The maximum Gasteiger partial charge on any atom is 0.246 e. The summed E-state index contributed by atoms with van der Waals surface area (Å²) in [5.74, 6) is 0.0257. The van der Waals surface area contributed by atoms with Crippen molar-refractivity contribution in [3.05, 3.63) is 34.9 Å². The van der Waals surface area contributed by atoms with E-state index in [0.29, 0.717) is 5.02 Å². The van der Waals surface area contributed by atoms with Crippen LogP contribution in [-0.4, -0.2) is 38.0 Å². The lowest BCUT2D eigenvalue weighted by atomic mass is 10.2. The molecular formula is C15H21ClN2O. The third-order valence-corrected chi connectivity index (χ3v) is 3.25. The van der Waals surface area contributed by atoms with Gasteiger partial charge in [0.1, 0.15) is 0 Å². The zero-order valence-electron chi connectivity index (χ0n) is 12.0. The maximum absolute atomic E-state index is 11.8. The number of benzene rings is 1. The van der Waals surface area contributed by atoms with Gasteiger partial charge in [-0.3, -0.25) is 4.79 Å². The van der Waals surface area contributed by atoms with Crippen LogP contribution >= 0.6 is 11.6 Å². The van der Waals surface area contributed by atoms with Crippen LogP contribution in [0.2, 0.25) is 5.02 Å². The first kappa shape index (κ1) is 15.6. The molecule has 3 nitrogen and oxygen atoms in total. The van der Waals surface area contributed by atoms with Crippen LogP contribution < -0.4 is 4.90 Å². The maximum atomic E-state index is 11.8. The Bertz CT molecular complexity index is 465. The number of halogens is 1. The number of nitrogens with zero attached hydrogens (tertiary/aromatic N) is 2. The monoisotopic (exact) mass is 280 g/mol. The largest absolute Gasteiger partial charge is 0.376 e. The van der Waals surface area contributed by atoms with Gasteiger partial charge in [0.15, 0.2) is 0 Å². The number of rotatable bonds is 5. The van der Waals surface area contributed by atoms with Crippen molar-refractivity contribution < 1.29 is 4.79 Å². The Hall–Kier alpha value is -1.48. The molecule has 0 aliphatic heterocycles. The Balaban J connectivity index is 2.83. The summed E-state index contributed by atoms with van der Waals surface area (Å²) in [6.45, 7) is 5.38. The highest BCUT2D eigenvalue weighted by atomic mass is 35.5. The van der Waals surface area contributed by atoms with Gasteiger partial charge in [0, 0.05) is 33.3 Å². The van der Waals surface area contributed by atoms with E-state index in [1.807, 2.05) is 51.0 Å². The van der Waals surface area contributed by atoms with E-state index >= 15 is 0 Å². The smallest absolute Gasteiger partial charge is 0.246 e. The standard InChI is InChI=1S/C15H21ClN2O/c1-5-18(6-2)15(19)10-8-12-7-9-14(17(3)4)13(16)11-12/h7-11H,5-6H2,1-4H3/b10-8+. The Labute approximate surface area is 120 Å². The van der Waals surface area contributed by atoms with Gasteiger partial charge in [0.05, 0.1) is 10.7 Å². The molecule has 0 aliphatic rings. The van der Waals surface area contributed by atoms with E-state index in [-0.39, 0.29) is 5.91 Å². The highest BCUT2D eigenvalue weighted by molar-refractivity contribution is 6.33. The van der Waals surface area contributed by atoms with Gasteiger partial charge in [-0.2, -0.15) is 0 Å². The first-order valence-electron chi connectivity index (χ1n) is 6.43. The van der Waals surface area contributed by atoms with Crippen molar-refractivity contribution in [2.24, 2.45) is 0 Å². The minimum atomic E-state index is 0.0257. The third-order valence-electron chi connectivity index (χ3n) is 2.95. The van der Waals surface area contributed by atoms with Gasteiger partial charge in [-0.05, 0) is 37.6 Å². The molecule has 0 aliphatic carbocycles. The van der Waals surface area contributed by atoms with Crippen molar-refractivity contribution in [2.75, 3.05) is 32.1 Å². The van der Waals surface area contributed by atoms with Crippen LogP contribution in [-0.2, 0) is 4.79 Å². The zero-order chi connectivity index (χ0) is 14.4. The van der Waals surface area contributed by atoms with Crippen LogP contribution in [0.4, 0.5) is 5.69 Å². The fraction of sp³-hybridized carbons (Fsp3) is 0.400. The minimum absolute atomic E-state index is 0.0257. The van der Waals surface area contributed by atoms with Gasteiger partial charge in [-0.25, -0.2) is 0 Å². The van der Waals surface area contributed by atoms with E-state index in [9.17, 15) is 4.79 Å². The third kappa shape index (κ3) is 4.28. The van der Waals surface area contributed by atoms with Crippen molar-refractivity contribution in [1.82, 2.24) is 4.90 Å². The number of anilines is 1. The van der Waals surface area contributed by atoms with Gasteiger partial charge in [-0.15, -0.1) is 0 Å². The molecule has 0 saturated carbocycles. The average molecular weight is 281 g/mol. The molecule has 104 valence electrons. The molecule has 0 heterocycles. The second kappa shape index (κ2) is 7.19. The Morgan fingerprint density at radius 3 is 2.37 bits per heavy atom. The second-order valence-corrected chi connectivity index (χ2v) is 4.86. The summed E-state index contributed by atoms with van der Waals surface area (Å²) < 4.78 is 0. The highest BCUT2D eigenvalue weighted by Gasteiger charge is 2.05. The quantitative estimate of drug-likeness (QED) is 0.773. The van der Waals surface area contributed by atoms with Crippen LogP contribution in [0.25, 0.3) is 6.08 Å². The van der Waals surface area contributed by atoms with E-state index in [2.05, 4.69) is 0 Å². The lowest BCUT2D eigenvalue weighted by Crippen LogP contribution is -2.28. The fourth-order valence-corrected chi connectivity index (χ4v) is 2.16. The van der Waals surface area contributed by atoms with Gasteiger partial charge in [0.2, 0.25) is 5.91 Å². The molecule has 1 amide bonds. The van der Waals surface area contributed by atoms with Crippen molar-refractivity contribution in [1.29, 1.82) is 0 Å². The van der Waals surface area contributed by atoms with Gasteiger partial charge >= 0.3 is 0 Å². The number of likely N-dealkylation sites (N-methyl/N-ethyl adjacent to an activating group) is 1. The minimum Gasteiger partial charge on any atom is -0.376 e. The van der Waals surface area contributed by atoms with Crippen LogP contribution in [0.3, 0.4) is 0 Å². The van der Waals surface area contributed by atoms with Gasteiger partial charge in [0.25, 0.3) is 0 Å². The van der Waals surface area contributed by atoms with E-state index in [1.165, 1.54) is 0 Å². The van der Waals surface area contributed by atoms with E-state index in [0.717, 1.165) is 24.3 Å². The van der Waals surface area contributed by atoms with Crippen molar-refractivity contribution in [3.8, 4) is 0 Å². The predicted octanol–water partition coefficient (Wildman–Crippen LogP) is 3.29. The summed E-state index contributed by atoms with van der Waals surface area (Å²) in [6, 6.07) is 5.76. The summed E-state index contributed by atoms with van der Waals surface area (Å²) in [6.07, 6.45) is 3.39. The molecule has 1 aromatic carbocycles. The Morgan fingerprint density at radius 1 is 1.26 bits per heavy atom. The molecule has 0 aromatic heterocycles. The summed E-state index contributed by atoms with van der Waals surface area (Å²) in [4.78, 5) is 15.6. The molecule has 19 heavy (non-hydrogen) atoms. The SMILES string of the molecule is CCN(CC)C(=O)/C=C/c1ccc(N(C)C)c(Cl)c1. The topological polar surface area (TPSA) is 23.6 Å². The summed E-state index contributed by atoms with van der Waals surface area (Å²) >= 11 is 6.19. The molecule has 0 bridgehead atoms. The first-order valence-corrected chi connectivity index (χ1v) is 6.81. The Morgan fingerprint density at radius 2 is 1.89 bits per heavy atom. The molecule has 0 spiro atoms. The molecule has 1 aromatic rings. The first-order chi connectivity index (χ1) is 8.99. The van der Waals surface area contributed by atoms with Crippen molar-refractivity contribution >= 4 is 29.3 Å². The van der Waals surface area contributed by atoms with Crippen molar-refractivity contribution in [2.45, 2.75) is 13.8 Å². The van der Waals surface area contributed by atoms with Crippen LogP contribution in [0, 0.1) is 0 Å². The number of carbonyl (C=O) groups is 1.